The minimum atomic E-state index is -0.466. The van der Waals surface area contributed by atoms with Crippen LogP contribution in [-0.4, -0.2) is 37.1 Å². The zero-order valence-electron chi connectivity index (χ0n) is 13.9. The van der Waals surface area contributed by atoms with Crippen LogP contribution in [0.25, 0.3) is 0 Å². The van der Waals surface area contributed by atoms with E-state index in [1.807, 2.05) is 12.2 Å². The first-order chi connectivity index (χ1) is 11.9. The monoisotopic (exact) mass is 346 g/mol. The van der Waals surface area contributed by atoms with Crippen molar-refractivity contribution in [2.75, 3.05) is 13.2 Å². The molecule has 1 aliphatic heterocycles. The fourth-order valence-electron chi connectivity index (χ4n) is 4.95. The van der Waals surface area contributed by atoms with Crippen LogP contribution in [0.2, 0.25) is 0 Å². The van der Waals surface area contributed by atoms with E-state index in [4.69, 9.17) is 14.2 Å². The molecule has 0 radical (unpaired) electrons. The van der Waals surface area contributed by atoms with Crippen LogP contribution in [0.1, 0.15) is 13.8 Å². The molecule has 7 nitrogen and oxygen atoms in total. The zero-order valence-corrected chi connectivity index (χ0v) is 13.9. The van der Waals surface area contributed by atoms with Gasteiger partial charge in [-0.15, -0.1) is 0 Å². The molecule has 1 saturated carbocycles. The number of carbonyl (C=O) groups excluding carboxylic acids is 4. The molecule has 0 aromatic heterocycles. The van der Waals surface area contributed by atoms with E-state index in [-0.39, 0.29) is 36.9 Å². The van der Waals surface area contributed by atoms with Gasteiger partial charge in [-0.25, -0.2) is 0 Å². The number of rotatable bonds is 4. The Kier molecular flexibility index (Phi) is 3.56. The summed E-state index contributed by atoms with van der Waals surface area (Å²) in [6, 6.07) is 0. The van der Waals surface area contributed by atoms with Crippen molar-refractivity contribution in [1.82, 2.24) is 0 Å². The molecule has 1 saturated heterocycles. The van der Waals surface area contributed by atoms with Gasteiger partial charge >= 0.3 is 23.9 Å². The van der Waals surface area contributed by atoms with Gasteiger partial charge in [-0.05, 0) is 34.8 Å². The lowest BCUT2D eigenvalue weighted by Gasteiger charge is -2.56. The smallest absolute Gasteiger partial charge is 0.318 e. The molecule has 0 N–H and O–H groups in total. The van der Waals surface area contributed by atoms with Crippen molar-refractivity contribution in [3.8, 4) is 0 Å². The summed E-state index contributed by atoms with van der Waals surface area (Å²) in [4.78, 5) is 46.6. The normalized spacial score (nSPS) is 37.2. The van der Waals surface area contributed by atoms with Gasteiger partial charge in [-0.2, -0.15) is 0 Å². The van der Waals surface area contributed by atoms with Crippen molar-refractivity contribution in [2.24, 2.45) is 35.5 Å². The van der Waals surface area contributed by atoms with E-state index < -0.39 is 35.7 Å². The first-order valence-electron chi connectivity index (χ1n) is 8.32. The van der Waals surface area contributed by atoms with Gasteiger partial charge in [0.15, 0.2) is 0 Å². The summed E-state index contributed by atoms with van der Waals surface area (Å²) in [7, 11) is 0. The molecule has 0 spiro atoms. The molecule has 5 rings (SSSR count). The minimum absolute atomic E-state index is 0.0135. The topological polar surface area (TPSA) is 96.0 Å². The van der Waals surface area contributed by atoms with E-state index in [0.717, 1.165) is 11.1 Å². The SMILES string of the molecule is CC(=O)OCC1=C(COC(C)=O)[C@H]2[C@@H]3C=C[C@H]([C@H]4C(=O)OC(=O)[C@H]34)[C@H]12. The Balaban J connectivity index is 1.67. The lowest BCUT2D eigenvalue weighted by molar-refractivity contribution is -0.154. The van der Waals surface area contributed by atoms with Crippen LogP contribution in [-0.2, 0) is 33.4 Å². The summed E-state index contributed by atoms with van der Waals surface area (Å²) in [6.45, 7) is 2.89. The summed E-state index contributed by atoms with van der Waals surface area (Å²) < 4.78 is 15.2. The molecule has 5 aliphatic rings. The van der Waals surface area contributed by atoms with Gasteiger partial charge in [0, 0.05) is 13.8 Å². The van der Waals surface area contributed by atoms with E-state index in [1.54, 1.807) is 0 Å². The highest BCUT2D eigenvalue weighted by molar-refractivity contribution is 5.98. The molecule has 7 heteroatoms. The largest absolute Gasteiger partial charge is 0.461 e. The van der Waals surface area contributed by atoms with Crippen LogP contribution in [0.15, 0.2) is 23.3 Å². The van der Waals surface area contributed by atoms with Crippen molar-refractivity contribution in [3.63, 3.8) is 0 Å². The molecule has 2 fully saturated rings. The number of cyclic esters (lactones) is 2. The number of carbonyl (C=O) groups is 4. The zero-order chi connectivity index (χ0) is 17.9. The average molecular weight is 346 g/mol. The standard InChI is InChI=1S/C18H18O7/c1-7(19)23-5-11-12(6-24-8(2)20)14-10-4-3-9(13(11)14)15-16(10)18(22)25-17(15)21/h3-4,9-10,13-16H,5-6H2,1-2H3/t9-,10-,13+,14+,15+,16+/m0/s1. The fraction of sp³-hybridized carbons (Fsp3) is 0.556. The molecule has 1 heterocycles. The fourth-order valence-corrected chi connectivity index (χ4v) is 4.95. The number of ether oxygens (including phenoxy) is 3. The molecule has 0 amide bonds. The average Bonchev–Trinajstić information content (AvgIpc) is 2.83. The van der Waals surface area contributed by atoms with Gasteiger partial charge in [-0.1, -0.05) is 12.2 Å². The van der Waals surface area contributed by atoms with E-state index in [1.165, 1.54) is 13.8 Å². The third-order valence-corrected chi connectivity index (χ3v) is 5.81. The maximum absolute atomic E-state index is 12.1. The van der Waals surface area contributed by atoms with Crippen LogP contribution in [0, 0.1) is 35.5 Å². The number of allylic oxidation sites excluding steroid dienone is 2. The van der Waals surface area contributed by atoms with Gasteiger partial charge in [0.25, 0.3) is 0 Å². The highest BCUT2D eigenvalue weighted by Crippen LogP contribution is 2.63. The number of hydrogen-bond donors (Lipinski definition) is 0. The second kappa shape index (κ2) is 5.54. The van der Waals surface area contributed by atoms with Crippen LogP contribution < -0.4 is 0 Å². The highest BCUT2D eigenvalue weighted by Gasteiger charge is 2.65. The summed E-state index contributed by atoms with van der Waals surface area (Å²) in [5.41, 5.74) is 1.79. The van der Waals surface area contributed by atoms with E-state index in [9.17, 15) is 19.2 Å². The lowest BCUT2D eigenvalue weighted by Crippen LogP contribution is -2.56. The second-order valence-corrected chi connectivity index (χ2v) is 6.99. The summed E-state index contributed by atoms with van der Waals surface area (Å²) in [5.74, 6) is -2.92. The third kappa shape index (κ3) is 2.25. The molecule has 25 heavy (non-hydrogen) atoms. The van der Waals surface area contributed by atoms with Crippen molar-refractivity contribution < 1.29 is 33.4 Å². The summed E-state index contributed by atoms with van der Waals surface area (Å²) >= 11 is 0. The molecular weight excluding hydrogens is 328 g/mol. The predicted octanol–water partition coefficient (Wildman–Crippen LogP) is 0.787. The van der Waals surface area contributed by atoms with E-state index >= 15 is 0 Å². The Labute approximate surface area is 144 Å². The van der Waals surface area contributed by atoms with Gasteiger partial charge < -0.3 is 14.2 Å². The van der Waals surface area contributed by atoms with Crippen LogP contribution in [0.4, 0.5) is 0 Å². The van der Waals surface area contributed by atoms with Crippen molar-refractivity contribution >= 4 is 23.9 Å². The first kappa shape index (κ1) is 16.1. The van der Waals surface area contributed by atoms with E-state index in [0.29, 0.717) is 0 Å². The summed E-state index contributed by atoms with van der Waals surface area (Å²) in [5, 5.41) is 0. The molecule has 0 aromatic rings. The Morgan fingerprint density at radius 1 is 0.840 bits per heavy atom. The van der Waals surface area contributed by atoms with Crippen LogP contribution in [0.3, 0.4) is 0 Å². The van der Waals surface area contributed by atoms with Gasteiger partial charge in [-0.3, -0.25) is 19.2 Å². The van der Waals surface area contributed by atoms with Gasteiger partial charge in [0.1, 0.15) is 13.2 Å². The minimum Gasteiger partial charge on any atom is -0.461 e. The second-order valence-electron chi connectivity index (χ2n) is 6.99. The maximum atomic E-state index is 12.1. The van der Waals surface area contributed by atoms with E-state index in [2.05, 4.69) is 0 Å². The molecule has 132 valence electrons. The Hall–Kier alpha value is -2.44. The van der Waals surface area contributed by atoms with Gasteiger partial charge in [0.05, 0.1) is 11.8 Å². The Bertz CT molecular complexity index is 687. The van der Waals surface area contributed by atoms with Crippen molar-refractivity contribution in [2.45, 2.75) is 13.8 Å². The molecular formula is C18H18O7. The Morgan fingerprint density at radius 2 is 1.24 bits per heavy atom. The molecule has 4 aliphatic carbocycles. The van der Waals surface area contributed by atoms with Crippen LogP contribution >= 0.6 is 0 Å². The number of hydrogen-bond acceptors (Lipinski definition) is 7. The Morgan fingerprint density at radius 3 is 1.60 bits per heavy atom. The molecule has 0 unspecified atom stereocenters. The van der Waals surface area contributed by atoms with Crippen molar-refractivity contribution in [3.05, 3.63) is 23.3 Å². The predicted molar refractivity (Wildman–Crippen MR) is 81.5 cm³/mol. The number of esters is 4. The summed E-state index contributed by atoms with van der Waals surface area (Å²) in [6.07, 6.45) is 3.95. The highest BCUT2D eigenvalue weighted by atomic mass is 16.6. The molecule has 6 atom stereocenters. The molecule has 0 aromatic carbocycles. The maximum Gasteiger partial charge on any atom is 0.318 e. The quantitative estimate of drug-likeness (QED) is 0.321. The molecule has 2 bridgehead atoms. The van der Waals surface area contributed by atoms with Crippen LogP contribution in [0.5, 0.6) is 0 Å². The first-order valence-corrected chi connectivity index (χ1v) is 8.32. The third-order valence-electron chi connectivity index (χ3n) is 5.81. The lowest BCUT2D eigenvalue weighted by atomic mass is 9.45. The van der Waals surface area contributed by atoms with Crippen molar-refractivity contribution in [1.29, 1.82) is 0 Å². The van der Waals surface area contributed by atoms with Gasteiger partial charge in [0.2, 0.25) is 0 Å².